The summed E-state index contributed by atoms with van der Waals surface area (Å²) in [6.07, 6.45) is 1.39. The minimum absolute atomic E-state index is 0.0132. The predicted octanol–water partition coefficient (Wildman–Crippen LogP) is 4.03. The zero-order chi connectivity index (χ0) is 20.8. The van der Waals surface area contributed by atoms with E-state index in [1.54, 1.807) is 24.3 Å². The Morgan fingerprint density at radius 3 is 2.55 bits per heavy atom. The van der Waals surface area contributed by atoms with Crippen molar-refractivity contribution in [1.82, 2.24) is 5.43 Å². The van der Waals surface area contributed by atoms with Gasteiger partial charge in [0.2, 0.25) is 0 Å². The van der Waals surface area contributed by atoms with E-state index in [-0.39, 0.29) is 18.1 Å². The highest BCUT2D eigenvalue weighted by molar-refractivity contribution is 5.83. The molecule has 0 radical (unpaired) electrons. The highest BCUT2D eigenvalue weighted by Gasteiger charge is 2.08. The van der Waals surface area contributed by atoms with Gasteiger partial charge in [-0.15, -0.1) is 0 Å². The summed E-state index contributed by atoms with van der Waals surface area (Å²) >= 11 is 0. The largest absolute Gasteiger partial charge is 0.455 e. The Balaban J connectivity index is 1.52. The van der Waals surface area contributed by atoms with Crippen LogP contribution in [-0.2, 0) is 4.79 Å². The maximum Gasteiger partial charge on any atom is 0.269 e. The van der Waals surface area contributed by atoms with Crippen LogP contribution < -0.4 is 10.7 Å². The molecular formula is C21H20N4O4. The van der Waals surface area contributed by atoms with Crippen molar-refractivity contribution in [3.8, 4) is 11.3 Å². The quantitative estimate of drug-likeness (QED) is 0.358. The second-order valence-corrected chi connectivity index (χ2v) is 6.45. The van der Waals surface area contributed by atoms with Crippen LogP contribution in [0.1, 0.15) is 16.9 Å². The van der Waals surface area contributed by atoms with Crippen LogP contribution in [0.4, 0.5) is 11.4 Å². The summed E-state index contributed by atoms with van der Waals surface area (Å²) in [6.45, 7) is 4.13. The van der Waals surface area contributed by atoms with Crippen molar-refractivity contribution < 1.29 is 14.1 Å². The van der Waals surface area contributed by atoms with Gasteiger partial charge in [0.25, 0.3) is 11.6 Å². The van der Waals surface area contributed by atoms with Crippen molar-refractivity contribution in [2.24, 2.45) is 5.10 Å². The Hall–Kier alpha value is -3.94. The fourth-order valence-corrected chi connectivity index (χ4v) is 2.57. The molecule has 0 saturated heterocycles. The third-order valence-corrected chi connectivity index (χ3v) is 4.33. The molecule has 0 spiro atoms. The number of aryl methyl sites for hydroxylation is 2. The fraction of sp³-hybridized carbons (Fsp3) is 0.143. The average Bonchev–Trinajstić information content (AvgIpc) is 3.18. The van der Waals surface area contributed by atoms with Gasteiger partial charge in [-0.1, -0.05) is 6.07 Å². The first kappa shape index (κ1) is 19.8. The molecule has 1 aromatic heterocycles. The first-order valence-electron chi connectivity index (χ1n) is 8.90. The highest BCUT2D eigenvalue weighted by Crippen LogP contribution is 2.24. The molecule has 0 aliphatic heterocycles. The van der Waals surface area contributed by atoms with E-state index in [0.29, 0.717) is 17.1 Å². The molecule has 2 N–H and O–H groups in total. The number of anilines is 1. The van der Waals surface area contributed by atoms with Crippen LogP contribution in [0.3, 0.4) is 0 Å². The molecule has 0 atom stereocenters. The average molecular weight is 392 g/mol. The summed E-state index contributed by atoms with van der Waals surface area (Å²) in [5.41, 5.74) is 6.35. The van der Waals surface area contributed by atoms with Crippen LogP contribution in [0.2, 0.25) is 0 Å². The molecule has 0 saturated carbocycles. The van der Waals surface area contributed by atoms with Crippen molar-refractivity contribution in [3.63, 3.8) is 0 Å². The van der Waals surface area contributed by atoms with Crippen molar-refractivity contribution in [3.05, 3.63) is 81.6 Å². The van der Waals surface area contributed by atoms with E-state index in [0.717, 1.165) is 11.3 Å². The maximum absolute atomic E-state index is 11.9. The van der Waals surface area contributed by atoms with Crippen LogP contribution in [0.5, 0.6) is 0 Å². The topological polar surface area (TPSA) is 110 Å². The van der Waals surface area contributed by atoms with E-state index in [1.165, 1.54) is 23.9 Å². The maximum atomic E-state index is 11.9. The van der Waals surface area contributed by atoms with E-state index in [2.05, 4.69) is 15.8 Å². The lowest BCUT2D eigenvalue weighted by molar-refractivity contribution is -0.384. The SMILES string of the molecule is Cc1ccc(NCC(=O)N/N=C\c2ccc(-c3ccc([N+](=O)[O-])cc3)o2)cc1C. The molecule has 29 heavy (non-hydrogen) atoms. The van der Waals surface area contributed by atoms with Crippen LogP contribution in [0.25, 0.3) is 11.3 Å². The minimum atomic E-state index is -0.457. The number of nitrogens with one attached hydrogen (secondary N) is 2. The number of hydrazone groups is 1. The molecule has 8 nitrogen and oxygen atoms in total. The van der Waals surface area contributed by atoms with Crippen LogP contribution in [0, 0.1) is 24.0 Å². The number of nitro groups is 1. The molecule has 0 bridgehead atoms. The van der Waals surface area contributed by atoms with Crippen molar-refractivity contribution in [1.29, 1.82) is 0 Å². The normalized spacial score (nSPS) is 10.8. The fourth-order valence-electron chi connectivity index (χ4n) is 2.57. The number of non-ortho nitro benzene ring substituents is 1. The molecule has 0 unspecified atom stereocenters. The van der Waals surface area contributed by atoms with Crippen LogP contribution in [-0.4, -0.2) is 23.6 Å². The summed E-state index contributed by atoms with van der Waals surface area (Å²) in [6, 6.07) is 15.4. The monoisotopic (exact) mass is 392 g/mol. The lowest BCUT2D eigenvalue weighted by atomic mass is 10.1. The van der Waals surface area contributed by atoms with Gasteiger partial charge < -0.3 is 9.73 Å². The number of hydrogen-bond acceptors (Lipinski definition) is 6. The molecule has 0 fully saturated rings. The lowest BCUT2D eigenvalue weighted by Crippen LogP contribution is -2.25. The molecule has 2 aromatic carbocycles. The van der Waals surface area contributed by atoms with Gasteiger partial charge in [0.1, 0.15) is 11.5 Å². The number of nitrogens with zero attached hydrogens (tertiary/aromatic N) is 2. The standard InChI is InChI=1S/C21H20N4O4/c1-14-3-6-17(11-15(14)2)22-13-21(26)24-23-12-19-9-10-20(29-19)16-4-7-18(8-5-16)25(27)28/h3-12,22H,13H2,1-2H3,(H,24,26)/b23-12-. The number of carbonyl (C=O) groups excluding carboxylic acids is 1. The molecular weight excluding hydrogens is 372 g/mol. The van der Waals surface area contributed by atoms with E-state index in [1.807, 2.05) is 32.0 Å². The smallest absolute Gasteiger partial charge is 0.269 e. The summed E-state index contributed by atoms with van der Waals surface area (Å²) in [5.74, 6) is 0.700. The molecule has 0 aliphatic rings. The lowest BCUT2D eigenvalue weighted by Gasteiger charge is -2.07. The van der Waals surface area contributed by atoms with Crippen molar-refractivity contribution >= 4 is 23.5 Å². The molecule has 1 heterocycles. The Morgan fingerprint density at radius 1 is 1.10 bits per heavy atom. The second kappa shape index (κ2) is 8.83. The van der Waals surface area contributed by atoms with Gasteiger partial charge in [-0.3, -0.25) is 14.9 Å². The van der Waals surface area contributed by atoms with E-state index in [9.17, 15) is 14.9 Å². The summed E-state index contributed by atoms with van der Waals surface area (Å²) in [7, 11) is 0. The molecule has 0 aliphatic carbocycles. The summed E-state index contributed by atoms with van der Waals surface area (Å²) in [5, 5.41) is 17.6. The predicted molar refractivity (Wildman–Crippen MR) is 111 cm³/mol. The number of nitro benzene ring substituents is 1. The summed E-state index contributed by atoms with van der Waals surface area (Å²) in [4.78, 5) is 22.1. The van der Waals surface area contributed by atoms with Gasteiger partial charge in [-0.2, -0.15) is 5.10 Å². The highest BCUT2D eigenvalue weighted by atomic mass is 16.6. The number of hydrogen-bond donors (Lipinski definition) is 2. The van der Waals surface area contributed by atoms with Crippen molar-refractivity contribution in [2.75, 3.05) is 11.9 Å². The minimum Gasteiger partial charge on any atom is -0.455 e. The summed E-state index contributed by atoms with van der Waals surface area (Å²) < 4.78 is 5.62. The number of benzene rings is 2. The molecule has 3 rings (SSSR count). The van der Waals surface area contributed by atoms with Gasteiger partial charge in [-0.25, -0.2) is 5.43 Å². The zero-order valence-corrected chi connectivity index (χ0v) is 16.0. The third kappa shape index (κ3) is 5.29. The van der Waals surface area contributed by atoms with Gasteiger partial charge >= 0.3 is 0 Å². The van der Waals surface area contributed by atoms with Gasteiger partial charge in [0.05, 0.1) is 17.7 Å². The Bertz CT molecular complexity index is 1050. The van der Waals surface area contributed by atoms with Gasteiger partial charge in [0, 0.05) is 23.4 Å². The number of carbonyl (C=O) groups is 1. The Labute approximate surface area is 167 Å². The van der Waals surface area contributed by atoms with Gasteiger partial charge in [-0.05, 0) is 61.4 Å². The number of furan rings is 1. The van der Waals surface area contributed by atoms with Crippen LogP contribution in [0.15, 0.2) is 64.1 Å². The zero-order valence-electron chi connectivity index (χ0n) is 16.0. The number of rotatable bonds is 7. The van der Waals surface area contributed by atoms with Crippen molar-refractivity contribution in [2.45, 2.75) is 13.8 Å². The third-order valence-electron chi connectivity index (χ3n) is 4.33. The number of amides is 1. The van der Waals surface area contributed by atoms with Gasteiger partial charge in [0.15, 0.2) is 0 Å². The molecule has 8 heteroatoms. The van der Waals surface area contributed by atoms with E-state index < -0.39 is 4.92 Å². The van der Waals surface area contributed by atoms with E-state index >= 15 is 0 Å². The second-order valence-electron chi connectivity index (χ2n) is 6.45. The first-order valence-corrected chi connectivity index (χ1v) is 8.90. The molecule has 1 amide bonds. The Morgan fingerprint density at radius 2 is 1.86 bits per heavy atom. The Kier molecular flexibility index (Phi) is 6.03. The molecule has 3 aromatic rings. The van der Waals surface area contributed by atoms with E-state index in [4.69, 9.17) is 4.42 Å². The van der Waals surface area contributed by atoms with Crippen LogP contribution >= 0.6 is 0 Å². The molecule has 148 valence electrons. The first-order chi connectivity index (χ1) is 13.9.